The predicted molar refractivity (Wildman–Crippen MR) is 109 cm³/mol. The van der Waals surface area contributed by atoms with Gasteiger partial charge in [0, 0.05) is 47.6 Å². The van der Waals surface area contributed by atoms with E-state index in [9.17, 15) is 0 Å². The van der Waals surface area contributed by atoms with Gasteiger partial charge in [0.05, 0.1) is 0 Å². The second kappa shape index (κ2) is 6.55. The van der Waals surface area contributed by atoms with Gasteiger partial charge in [-0.05, 0) is 24.9 Å². The molecule has 1 fully saturated rings. The largest absolute Gasteiger partial charge is 0.363 e. The van der Waals surface area contributed by atoms with Crippen LogP contribution in [0, 0.1) is 5.92 Å². The van der Waals surface area contributed by atoms with Crippen molar-refractivity contribution in [2.45, 2.75) is 19.4 Å². The lowest BCUT2D eigenvalue weighted by atomic mass is 9.95. The summed E-state index contributed by atoms with van der Waals surface area (Å²) >= 11 is 6.72. The lowest BCUT2D eigenvalue weighted by Crippen LogP contribution is -2.44. The number of anilines is 1. The molecule has 1 saturated heterocycles. The molecular weight excluding hydrogens is 360 g/mol. The molecule has 0 amide bonds. The van der Waals surface area contributed by atoms with Crippen molar-refractivity contribution in [1.82, 2.24) is 24.7 Å². The van der Waals surface area contributed by atoms with Gasteiger partial charge in [0.2, 0.25) is 0 Å². The molecule has 0 radical (unpaired) electrons. The smallest absolute Gasteiger partial charge is 0.181 e. The molecule has 138 valence electrons. The Morgan fingerprint density at radius 2 is 2.19 bits per heavy atom. The highest BCUT2D eigenvalue weighted by Crippen LogP contribution is 2.34. The Morgan fingerprint density at radius 3 is 3.07 bits per heavy atom. The van der Waals surface area contributed by atoms with Crippen LogP contribution in [0.3, 0.4) is 0 Å². The van der Waals surface area contributed by atoms with Gasteiger partial charge in [-0.15, -0.1) is 0 Å². The normalized spacial score (nSPS) is 20.4. The summed E-state index contributed by atoms with van der Waals surface area (Å²) in [6, 6.07) is 8.48. The zero-order chi connectivity index (χ0) is 18.4. The van der Waals surface area contributed by atoms with E-state index in [1.165, 1.54) is 0 Å². The molecule has 1 aromatic carbocycles. The zero-order valence-corrected chi connectivity index (χ0v) is 15.8. The van der Waals surface area contributed by atoms with Gasteiger partial charge in [0.1, 0.15) is 10.8 Å². The average Bonchev–Trinajstić information content (AvgIpc) is 3.33. The summed E-state index contributed by atoms with van der Waals surface area (Å²) in [4.78, 5) is 12.7. The standard InChI is InChI=1S/C20H21ClN6/c1-12-6-7-22-11-16(12)25-19-20-23-8-9-27(20)18(21)17(26-19)14-10-24-15-5-3-2-4-13(14)15/h2-5,8-10,12,16,22,24H,6-7,11H2,1H3,(H,25,26)/t12-,16+/m0/s1. The van der Waals surface area contributed by atoms with Gasteiger partial charge in [0.15, 0.2) is 11.5 Å². The van der Waals surface area contributed by atoms with E-state index in [-0.39, 0.29) is 0 Å². The van der Waals surface area contributed by atoms with E-state index in [0.717, 1.165) is 53.1 Å². The summed E-state index contributed by atoms with van der Waals surface area (Å²) in [5, 5.41) is 8.73. The number of H-pyrrole nitrogens is 1. The number of hydrogen-bond acceptors (Lipinski definition) is 4. The molecule has 27 heavy (non-hydrogen) atoms. The number of piperidine rings is 1. The molecule has 6 nitrogen and oxygen atoms in total. The fraction of sp³-hybridized carbons (Fsp3) is 0.300. The van der Waals surface area contributed by atoms with Gasteiger partial charge in [-0.2, -0.15) is 0 Å². The molecular formula is C20H21ClN6. The number of hydrogen-bond donors (Lipinski definition) is 3. The number of fused-ring (bicyclic) bond motifs is 2. The number of nitrogens with one attached hydrogen (secondary N) is 3. The van der Waals surface area contributed by atoms with Crippen molar-refractivity contribution in [1.29, 1.82) is 0 Å². The average molecular weight is 381 g/mol. The van der Waals surface area contributed by atoms with Crippen molar-refractivity contribution < 1.29 is 0 Å². The SMILES string of the molecule is C[C@H]1CCNC[C@H]1Nc1nc(-c2c[nH]c3ccccc23)c(Cl)n2ccnc12. The van der Waals surface area contributed by atoms with Crippen molar-refractivity contribution in [3.8, 4) is 11.3 Å². The first kappa shape index (κ1) is 16.6. The molecule has 7 heteroatoms. The summed E-state index contributed by atoms with van der Waals surface area (Å²) in [5.41, 5.74) is 3.56. The van der Waals surface area contributed by atoms with E-state index in [1.807, 2.05) is 28.9 Å². The molecule has 0 saturated carbocycles. The first-order chi connectivity index (χ1) is 13.2. The van der Waals surface area contributed by atoms with E-state index in [4.69, 9.17) is 16.6 Å². The highest BCUT2D eigenvalue weighted by Gasteiger charge is 2.24. The Balaban J connectivity index is 1.66. The van der Waals surface area contributed by atoms with E-state index in [2.05, 4.69) is 39.7 Å². The highest BCUT2D eigenvalue weighted by atomic mass is 35.5. The first-order valence-corrected chi connectivity index (χ1v) is 9.66. The van der Waals surface area contributed by atoms with Crippen LogP contribution in [-0.2, 0) is 0 Å². The number of nitrogens with zero attached hydrogens (tertiary/aromatic N) is 3. The Hall–Kier alpha value is -2.57. The van der Waals surface area contributed by atoms with Gasteiger partial charge in [-0.25, -0.2) is 9.97 Å². The number of benzene rings is 1. The van der Waals surface area contributed by atoms with Gasteiger partial charge in [-0.1, -0.05) is 36.7 Å². The fourth-order valence-corrected chi connectivity index (χ4v) is 4.13. The van der Waals surface area contributed by atoms with Crippen LogP contribution in [0.15, 0.2) is 42.9 Å². The predicted octanol–water partition coefficient (Wildman–Crippen LogP) is 3.94. The van der Waals surface area contributed by atoms with Crippen LogP contribution in [0.5, 0.6) is 0 Å². The van der Waals surface area contributed by atoms with Crippen LogP contribution in [-0.4, -0.2) is 38.5 Å². The zero-order valence-electron chi connectivity index (χ0n) is 15.0. The number of para-hydroxylation sites is 1. The minimum Gasteiger partial charge on any atom is -0.363 e. The van der Waals surface area contributed by atoms with Crippen molar-refractivity contribution in [2.24, 2.45) is 5.92 Å². The van der Waals surface area contributed by atoms with Crippen LogP contribution < -0.4 is 10.6 Å². The maximum Gasteiger partial charge on any atom is 0.181 e. The fourth-order valence-electron chi connectivity index (χ4n) is 3.85. The molecule has 5 rings (SSSR count). The summed E-state index contributed by atoms with van der Waals surface area (Å²) in [6.07, 6.45) is 6.75. The Labute approximate surface area is 162 Å². The summed E-state index contributed by atoms with van der Waals surface area (Å²) in [7, 11) is 0. The lowest BCUT2D eigenvalue weighted by molar-refractivity contribution is 0.366. The molecule has 0 bridgehead atoms. The number of imidazole rings is 1. The second-order valence-corrected chi connectivity index (χ2v) is 7.55. The van der Waals surface area contributed by atoms with Crippen LogP contribution in [0.2, 0.25) is 5.15 Å². The van der Waals surface area contributed by atoms with Crippen molar-refractivity contribution in [3.63, 3.8) is 0 Å². The highest BCUT2D eigenvalue weighted by molar-refractivity contribution is 6.32. The summed E-state index contributed by atoms with van der Waals surface area (Å²) in [5.74, 6) is 1.33. The van der Waals surface area contributed by atoms with Crippen molar-refractivity contribution in [2.75, 3.05) is 18.4 Å². The van der Waals surface area contributed by atoms with E-state index < -0.39 is 0 Å². The third-order valence-corrected chi connectivity index (χ3v) is 5.84. The van der Waals surface area contributed by atoms with E-state index in [0.29, 0.717) is 17.1 Å². The minimum absolute atomic E-state index is 0.309. The second-order valence-electron chi connectivity index (χ2n) is 7.19. The van der Waals surface area contributed by atoms with Crippen LogP contribution in [0.4, 0.5) is 5.82 Å². The number of aromatic amines is 1. The van der Waals surface area contributed by atoms with Gasteiger partial charge in [-0.3, -0.25) is 4.40 Å². The van der Waals surface area contributed by atoms with Gasteiger partial charge in [0.25, 0.3) is 0 Å². The molecule has 1 aliphatic heterocycles. The third-order valence-electron chi connectivity index (χ3n) is 5.48. The first-order valence-electron chi connectivity index (χ1n) is 9.28. The van der Waals surface area contributed by atoms with E-state index in [1.54, 1.807) is 6.20 Å². The topological polar surface area (TPSA) is 70.0 Å². The molecule has 2 atom stereocenters. The van der Waals surface area contributed by atoms with E-state index >= 15 is 0 Å². The molecule has 4 aromatic rings. The third kappa shape index (κ3) is 2.76. The molecule has 0 unspecified atom stereocenters. The summed E-state index contributed by atoms with van der Waals surface area (Å²) < 4.78 is 1.90. The van der Waals surface area contributed by atoms with Crippen molar-refractivity contribution >= 4 is 34.0 Å². The summed E-state index contributed by atoms with van der Waals surface area (Å²) in [6.45, 7) is 4.26. The Kier molecular flexibility index (Phi) is 4.02. The monoisotopic (exact) mass is 380 g/mol. The molecule has 0 aliphatic carbocycles. The molecule has 3 N–H and O–H groups in total. The van der Waals surface area contributed by atoms with Crippen molar-refractivity contribution in [3.05, 3.63) is 48.0 Å². The maximum atomic E-state index is 6.72. The lowest BCUT2D eigenvalue weighted by Gasteiger charge is -2.30. The molecule has 1 aliphatic rings. The van der Waals surface area contributed by atoms with Crippen LogP contribution >= 0.6 is 11.6 Å². The molecule has 0 spiro atoms. The van der Waals surface area contributed by atoms with Crippen LogP contribution in [0.25, 0.3) is 27.8 Å². The minimum atomic E-state index is 0.309. The Bertz CT molecular complexity index is 1110. The van der Waals surface area contributed by atoms with Crippen LogP contribution in [0.1, 0.15) is 13.3 Å². The Morgan fingerprint density at radius 1 is 1.30 bits per heavy atom. The van der Waals surface area contributed by atoms with Gasteiger partial charge < -0.3 is 15.6 Å². The molecule has 3 aromatic heterocycles. The molecule has 4 heterocycles. The number of halogens is 1. The van der Waals surface area contributed by atoms with Gasteiger partial charge >= 0.3 is 0 Å². The maximum absolute atomic E-state index is 6.72. The number of aromatic nitrogens is 4. The number of rotatable bonds is 3. The quantitative estimate of drug-likeness (QED) is 0.503.